The molecule has 1 aliphatic heterocycles. The van der Waals surface area contributed by atoms with E-state index in [1.807, 2.05) is 13.8 Å². The predicted molar refractivity (Wildman–Crippen MR) is 52.2 cm³/mol. The van der Waals surface area contributed by atoms with Gasteiger partial charge in [-0.25, -0.2) is 0 Å². The highest BCUT2D eigenvalue weighted by Crippen LogP contribution is 2.31. The largest absolute Gasteiger partial charge is 0.508 e. The number of ether oxygens (including phenoxy) is 2. The number of aryl methyl sites for hydroxylation is 2. The van der Waals surface area contributed by atoms with Crippen LogP contribution in [0.3, 0.4) is 0 Å². The Morgan fingerprint density at radius 1 is 1.14 bits per heavy atom. The average molecular weight is 194 g/mol. The minimum atomic E-state index is -0.254. The summed E-state index contributed by atoms with van der Waals surface area (Å²) in [5.41, 5.74) is 3.06. The van der Waals surface area contributed by atoms with Gasteiger partial charge in [0.15, 0.2) is 6.29 Å². The van der Waals surface area contributed by atoms with Gasteiger partial charge in [0, 0.05) is 5.56 Å². The molecule has 3 heteroatoms. The molecule has 14 heavy (non-hydrogen) atoms. The zero-order valence-corrected chi connectivity index (χ0v) is 8.41. The van der Waals surface area contributed by atoms with Gasteiger partial charge in [0.1, 0.15) is 5.75 Å². The molecule has 0 bridgehead atoms. The number of phenolic OH excluding ortho intramolecular Hbond substituents is 1. The lowest BCUT2D eigenvalue weighted by Gasteiger charge is -2.15. The van der Waals surface area contributed by atoms with Crippen molar-refractivity contribution in [1.82, 2.24) is 0 Å². The van der Waals surface area contributed by atoms with Crippen LogP contribution in [0.25, 0.3) is 0 Å². The van der Waals surface area contributed by atoms with Gasteiger partial charge in [-0.2, -0.15) is 0 Å². The van der Waals surface area contributed by atoms with Crippen molar-refractivity contribution in [1.29, 1.82) is 0 Å². The molecule has 0 amide bonds. The zero-order valence-electron chi connectivity index (χ0n) is 8.41. The monoisotopic (exact) mass is 194 g/mol. The molecule has 0 radical (unpaired) electrons. The Morgan fingerprint density at radius 3 is 2.14 bits per heavy atom. The summed E-state index contributed by atoms with van der Waals surface area (Å²) in [5, 5.41) is 9.38. The van der Waals surface area contributed by atoms with Crippen LogP contribution in [0.1, 0.15) is 23.0 Å². The molecule has 0 aliphatic carbocycles. The number of hydrogen-bond acceptors (Lipinski definition) is 3. The van der Waals surface area contributed by atoms with Gasteiger partial charge in [0.2, 0.25) is 0 Å². The molecule has 2 rings (SSSR count). The maximum absolute atomic E-state index is 9.38. The van der Waals surface area contributed by atoms with E-state index in [1.165, 1.54) is 0 Å². The molecule has 1 aliphatic rings. The number of phenols is 1. The third-order valence-corrected chi connectivity index (χ3v) is 2.44. The molecule has 0 unspecified atom stereocenters. The smallest absolute Gasteiger partial charge is 0.184 e. The van der Waals surface area contributed by atoms with Crippen LogP contribution in [-0.4, -0.2) is 18.3 Å². The van der Waals surface area contributed by atoms with Crippen molar-refractivity contribution in [2.24, 2.45) is 0 Å². The highest BCUT2D eigenvalue weighted by atomic mass is 16.7. The van der Waals surface area contributed by atoms with E-state index >= 15 is 0 Å². The highest BCUT2D eigenvalue weighted by Gasteiger charge is 2.22. The second kappa shape index (κ2) is 3.59. The molecule has 0 atom stereocenters. The van der Waals surface area contributed by atoms with Gasteiger partial charge in [-0.15, -0.1) is 0 Å². The first kappa shape index (κ1) is 9.49. The summed E-state index contributed by atoms with van der Waals surface area (Å²) < 4.78 is 10.9. The SMILES string of the molecule is Cc1cc(O)cc(C)c1C1OCCO1. The quantitative estimate of drug-likeness (QED) is 0.743. The summed E-state index contributed by atoms with van der Waals surface area (Å²) in [7, 11) is 0. The molecule has 0 spiro atoms. The summed E-state index contributed by atoms with van der Waals surface area (Å²) in [6, 6.07) is 3.46. The van der Waals surface area contributed by atoms with E-state index in [-0.39, 0.29) is 6.29 Å². The van der Waals surface area contributed by atoms with Gasteiger partial charge in [0.05, 0.1) is 13.2 Å². The van der Waals surface area contributed by atoms with E-state index in [1.54, 1.807) is 12.1 Å². The van der Waals surface area contributed by atoms with Crippen LogP contribution < -0.4 is 0 Å². The van der Waals surface area contributed by atoms with Gasteiger partial charge < -0.3 is 14.6 Å². The summed E-state index contributed by atoms with van der Waals surface area (Å²) in [6.07, 6.45) is -0.254. The molecule has 0 saturated carbocycles. The summed E-state index contributed by atoms with van der Waals surface area (Å²) in [4.78, 5) is 0. The first-order valence-corrected chi connectivity index (χ1v) is 4.72. The zero-order chi connectivity index (χ0) is 10.1. The van der Waals surface area contributed by atoms with Gasteiger partial charge >= 0.3 is 0 Å². The lowest BCUT2D eigenvalue weighted by atomic mass is 10.0. The Labute approximate surface area is 83.3 Å². The standard InChI is InChI=1S/C11H14O3/c1-7-5-9(12)6-8(2)10(7)11-13-3-4-14-11/h5-6,11-12H,3-4H2,1-2H3. The second-order valence-corrected chi connectivity index (χ2v) is 3.57. The van der Waals surface area contributed by atoms with Crippen LogP contribution in [0, 0.1) is 13.8 Å². The van der Waals surface area contributed by atoms with Crippen LogP contribution in [0.15, 0.2) is 12.1 Å². The second-order valence-electron chi connectivity index (χ2n) is 3.57. The Balaban J connectivity index is 2.40. The molecule has 1 saturated heterocycles. The Hall–Kier alpha value is -1.06. The topological polar surface area (TPSA) is 38.7 Å². The van der Waals surface area contributed by atoms with E-state index < -0.39 is 0 Å². The fourth-order valence-corrected chi connectivity index (χ4v) is 1.85. The van der Waals surface area contributed by atoms with Crippen molar-refractivity contribution < 1.29 is 14.6 Å². The van der Waals surface area contributed by atoms with Gasteiger partial charge in [-0.3, -0.25) is 0 Å². The number of rotatable bonds is 1. The number of hydrogen-bond donors (Lipinski definition) is 1. The van der Waals surface area contributed by atoms with E-state index in [2.05, 4.69) is 0 Å². The van der Waals surface area contributed by atoms with E-state index in [9.17, 15) is 5.11 Å². The highest BCUT2D eigenvalue weighted by molar-refractivity contribution is 5.41. The summed E-state index contributed by atoms with van der Waals surface area (Å²) in [5.74, 6) is 0.293. The third kappa shape index (κ3) is 1.61. The van der Waals surface area contributed by atoms with Gasteiger partial charge in [-0.1, -0.05) is 0 Å². The van der Waals surface area contributed by atoms with E-state index in [0.29, 0.717) is 19.0 Å². The molecule has 76 valence electrons. The fourth-order valence-electron chi connectivity index (χ4n) is 1.85. The van der Waals surface area contributed by atoms with Crippen molar-refractivity contribution in [3.05, 3.63) is 28.8 Å². The molecule has 0 aromatic heterocycles. The van der Waals surface area contributed by atoms with Crippen LogP contribution >= 0.6 is 0 Å². The van der Waals surface area contributed by atoms with Crippen molar-refractivity contribution in [3.8, 4) is 5.75 Å². The molecule has 1 heterocycles. The summed E-state index contributed by atoms with van der Waals surface area (Å²) in [6.45, 7) is 5.19. The normalized spacial score (nSPS) is 17.6. The number of aromatic hydroxyl groups is 1. The molecule has 1 fully saturated rings. The maximum atomic E-state index is 9.38. The molecule has 1 N–H and O–H groups in total. The van der Waals surface area contributed by atoms with Crippen LogP contribution in [0.4, 0.5) is 0 Å². The van der Waals surface area contributed by atoms with Crippen molar-refractivity contribution in [3.63, 3.8) is 0 Å². The Kier molecular flexibility index (Phi) is 2.44. The van der Waals surface area contributed by atoms with Crippen molar-refractivity contribution in [2.45, 2.75) is 20.1 Å². The first-order valence-electron chi connectivity index (χ1n) is 4.72. The Bertz CT molecular complexity index is 317. The molecule has 3 nitrogen and oxygen atoms in total. The van der Waals surface area contributed by atoms with E-state index in [4.69, 9.17) is 9.47 Å². The third-order valence-electron chi connectivity index (χ3n) is 2.44. The van der Waals surface area contributed by atoms with Crippen molar-refractivity contribution >= 4 is 0 Å². The number of benzene rings is 1. The minimum absolute atomic E-state index is 0.254. The maximum Gasteiger partial charge on any atom is 0.184 e. The average Bonchev–Trinajstić information content (AvgIpc) is 2.54. The van der Waals surface area contributed by atoms with Crippen LogP contribution in [0.2, 0.25) is 0 Å². The van der Waals surface area contributed by atoms with Crippen LogP contribution in [-0.2, 0) is 9.47 Å². The van der Waals surface area contributed by atoms with Crippen molar-refractivity contribution in [2.75, 3.05) is 13.2 Å². The fraction of sp³-hybridized carbons (Fsp3) is 0.455. The first-order chi connectivity index (χ1) is 6.68. The minimum Gasteiger partial charge on any atom is -0.508 e. The van der Waals surface area contributed by atoms with Gasteiger partial charge in [-0.05, 0) is 37.1 Å². The predicted octanol–water partition coefficient (Wildman–Crippen LogP) is 2.05. The Morgan fingerprint density at radius 2 is 1.64 bits per heavy atom. The lowest BCUT2D eigenvalue weighted by molar-refractivity contribution is -0.0449. The molecule has 1 aromatic carbocycles. The van der Waals surface area contributed by atoms with E-state index in [0.717, 1.165) is 16.7 Å². The summed E-state index contributed by atoms with van der Waals surface area (Å²) >= 11 is 0. The van der Waals surface area contributed by atoms with Gasteiger partial charge in [0.25, 0.3) is 0 Å². The molecular weight excluding hydrogens is 180 g/mol. The lowest BCUT2D eigenvalue weighted by Crippen LogP contribution is -2.03. The molecular formula is C11H14O3. The molecule has 1 aromatic rings. The van der Waals surface area contributed by atoms with Crippen LogP contribution in [0.5, 0.6) is 5.75 Å².